The zero-order valence-electron chi connectivity index (χ0n) is 11.6. The number of rotatable bonds is 4. The van der Waals surface area contributed by atoms with Gasteiger partial charge in [0.15, 0.2) is 5.82 Å². The Morgan fingerprint density at radius 1 is 1.19 bits per heavy atom. The molecule has 0 aliphatic carbocycles. The Bertz CT molecular complexity index is 775. The zero-order chi connectivity index (χ0) is 14.7. The van der Waals surface area contributed by atoms with Crippen molar-refractivity contribution >= 4 is 28.2 Å². The standard InChI is InChI=1S/C16H15N3O2/c1-11-9-15(19-21-11)18-16(20)10-17-14-8-4-6-12-5-2-3-7-13(12)14/h2-9,17H,10H2,1H3,(H,18,19,20). The Morgan fingerprint density at radius 3 is 2.81 bits per heavy atom. The average molecular weight is 281 g/mol. The molecule has 0 spiro atoms. The van der Waals surface area contributed by atoms with Crippen LogP contribution in [0.25, 0.3) is 10.8 Å². The van der Waals surface area contributed by atoms with Crippen molar-refractivity contribution in [3.63, 3.8) is 0 Å². The lowest BCUT2D eigenvalue weighted by atomic mass is 10.1. The van der Waals surface area contributed by atoms with Gasteiger partial charge in [-0.25, -0.2) is 0 Å². The quantitative estimate of drug-likeness (QED) is 0.770. The van der Waals surface area contributed by atoms with Crippen molar-refractivity contribution in [2.75, 3.05) is 17.2 Å². The SMILES string of the molecule is Cc1cc(NC(=O)CNc2cccc3ccccc23)no1. The second kappa shape index (κ2) is 5.66. The summed E-state index contributed by atoms with van der Waals surface area (Å²) in [6.45, 7) is 1.94. The zero-order valence-corrected chi connectivity index (χ0v) is 11.6. The Labute approximate surface area is 121 Å². The van der Waals surface area contributed by atoms with E-state index in [0.29, 0.717) is 11.6 Å². The summed E-state index contributed by atoms with van der Waals surface area (Å²) in [6, 6.07) is 15.7. The lowest BCUT2D eigenvalue weighted by Gasteiger charge is -2.09. The number of anilines is 2. The van der Waals surface area contributed by atoms with Gasteiger partial charge in [-0.3, -0.25) is 4.79 Å². The number of aryl methyl sites for hydroxylation is 1. The number of hydrogen-bond donors (Lipinski definition) is 2. The highest BCUT2D eigenvalue weighted by molar-refractivity contribution is 5.97. The van der Waals surface area contributed by atoms with E-state index in [-0.39, 0.29) is 12.5 Å². The molecule has 1 aromatic heterocycles. The van der Waals surface area contributed by atoms with E-state index >= 15 is 0 Å². The summed E-state index contributed by atoms with van der Waals surface area (Å²) in [6.07, 6.45) is 0. The van der Waals surface area contributed by atoms with E-state index in [2.05, 4.69) is 15.8 Å². The number of benzene rings is 2. The van der Waals surface area contributed by atoms with Crippen LogP contribution in [-0.4, -0.2) is 17.6 Å². The van der Waals surface area contributed by atoms with Crippen LogP contribution in [0.3, 0.4) is 0 Å². The highest BCUT2D eigenvalue weighted by atomic mass is 16.5. The normalized spacial score (nSPS) is 10.5. The molecular formula is C16H15N3O2. The van der Waals surface area contributed by atoms with Crippen LogP contribution >= 0.6 is 0 Å². The van der Waals surface area contributed by atoms with Crippen molar-refractivity contribution in [2.24, 2.45) is 0 Å². The van der Waals surface area contributed by atoms with Crippen LogP contribution in [0.1, 0.15) is 5.76 Å². The lowest BCUT2D eigenvalue weighted by molar-refractivity contribution is -0.114. The van der Waals surface area contributed by atoms with Crippen molar-refractivity contribution < 1.29 is 9.32 Å². The van der Waals surface area contributed by atoms with E-state index in [0.717, 1.165) is 16.5 Å². The highest BCUT2D eigenvalue weighted by Crippen LogP contribution is 2.22. The van der Waals surface area contributed by atoms with Crippen molar-refractivity contribution in [3.05, 3.63) is 54.3 Å². The molecule has 0 fully saturated rings. The summed E-state index contributed by atoms with van der Waals surface area (Å²) in [5.41, 5.74) is 0.930. The molecule has 0 aliphatic rings. The summed E-state index contributed by atoms with van der Waals surface area (Å²) >= 11 is 0. The molecular weight excluding hydrogens is 266 g/mol. The van der Waals surface area contributed by atoms with E-state index in [1.807, 2.05) is 42.5 Å². The predicted molar refractivity (Wildman–Crippen MR) is 82.3 cm³/mol. The molecule has 5 heteroatoms. The Hall–Kier alpha value is -2.82. The largest absolute Gasteiger partial charge is 0.376 e. The number of hydrogen-bond acceptors (Lipinski definition) is 4. The molecule has 2 aromatic carbocycles. The van der Waals surface area contributed by atoms with E-state index < -0.39 is 0 Å². The predicted octanol–water partition coefficient (Wildman–Crippen LogP) is 3.19. The van der Waals surface area contributed by atoms with Crippen LogP contribution in [0.4, 0.5) is 11.5 Å². The third kappa shape index (κ3) is 3.02. The Morgan fingerprint density at radius 2 is 2.00 bits per heavy atom. The van der Waals surface area contributed by atoms with Gasteiger partial charge in [0.2, 0.25) is 5.91 Å². The molecule has 0 radical (unpaired) electrons. The average Bonchev–Trinajstić information content (AvgIpc) is 2.90. The monoisotopic (exact) mass is 281 g/mol. The second-order valence-corrected chi connectivity index (χ2v) is 4.75. The minimum absolute atomic E-state index is 0.167. The molecule has 106 valence electrons. The number of fused-ring (bicyclic) bond motifs is 1. The molecule has 0 atom stereocenters. The van der Waals surface area contributed by atoms with Crippen LogP contribution < -0.4 is 10.6 Å². The number of amides is 1. The maximum absolute atomic E-state index is 11.9. The number of carbonyl (C=O) groups excluding carboxylic acids is 1. The third-order valence-corrected chi connectivity index (χ3v) is 3.12. The summed E-state index contributed by atoms with van der Waals surface area (Å²) in [4.78, 5) is 11.9. The maximum atomic E-state index is 11.9. The first-order valence-corrected chi connectivity index (χ1v) is 6.67. The summed E-state index contributed by atoms with van der Waals surface area (Å²) in [5.74, 6) is 0.917. The van der Waals surface area contributed by atoms with Crippen LogP contribution in [0.5, 0.6) is 0 Å². The van der Waals surface area contributed by atoms with Gasteiger partial charge in [0.1, 0.15) is 5.76 Å². The van der Waals surface area contributed by atoms with Crippen molar-refractivity contribution in [2.45, 2.75) is 6.92 Å². The Balaban J connectivity index is 1.67. The first kappa shape index (κ1) is 13.2. The van der Waals surface area contributed by atoms with Gasteiger partial charge in [-0.15, -0.1) is 0 Å². The molecule has 21 heavy (non-hydrogen) atoms. The number of carbonyl (C=O) groups is 1. The van der Waals surface area contributed by atoms with Gasteiger partial charge in [0.25, 0.3) is 0 Å². The smallest absolute Gasteiger partial charge is 0.244 e. The molecule has 0 aliphatic heterocycles. The molecule has 0 unspecified atom stereocenters. The van der Waals surface area contributed by atoms with Gasteiger partial charge in [-0.2, -0.15) is 0 Å². The summed E-state index contributed by atoms with van der Waals surface area (Å²) in [5, 5.41) is 11.8. The van der Waals surface area contributed by atoms with Crippen molar-refractivity contribution in [3.8, 4) is 0 Å². The topological polar surface area (TPSA) is 67.2 Å². The number of aromatic nitrogens is 1. The molecule has 0 bridgehead atoms. The number of nitrogens with zero attached hydrogens (tertiary/aromatic N) is 1. The Kier molecular flexibility index (Phi) is 3.55. The minimum atomic E-state index is -0.170. The fourth-order valence-corrected chi connectivity index (χ4v) is 2.17. The van der Waals surface area contributed by atoms with Gasteiger partial charge in [-0.1, -0.05) is 41.6 Å². The van der Waals surface area contributed by atoms with Crippen LogP contribution in [0, 0.1) is 6.92 Å². The molecule has 0 saturated carbocycles. The number of nitrogens with one attached hydrogen (secondary N) is 2. The van der Waals surface area contributed by atoms with E-state index in [1.165, 1.54) is 0 Å². The summed E-state index contributed by atoms with van der Waals surface area (Å²) < 4.78 is 4.90. The minimum Gasteiger partial charge on any atom is -0.376 e. The van der Waals surface area contributed by atoms with Gasteiger partial charge in [-0.05, 0) is 18.4 Å². The van der Waals surface area contributed by atoms with Gasteiger partial charge < -0.3 is 15.2 Å². The first-order chi connectivity index (χ1) is 10.2. The van der Waals surface area contributed by atoms with Crippen molar-refractivity contribution in [1.29, 1.82) is 0 Å². The fraction of sp³-hybridized carbons (Fsp3) is 0.125. The van der Waals surface area contributed by atoms with Crippen LogP contribution in [-0.2, 0) is 4.79 Å². The molecule has 1 heterocycles. The van der Waals surface area contributed by atoms with Gasteiger partial charge in [0.05, 0.1) is 6.54 Å². The highest BCUT2D eigenvalue weighted by Gasteiger charge is 2.07. The second-order valence-electron chi connectivity index (χ2n) is 4.75. The van der Waals surface area contributed by atoms with Crippen LogP contribution in [0.2, 0.25) is 0 Å². The first-order valence-electron chi connectivity index (χ1n) is 6.67. The fourth-order valence-electron chi connectivity index (χ4n) is 2.17. The van der Waals surface area contributed by atoms with Gasteiger partial charge >= 0.3 is 0 Å². The summed E-state index contributed by atoms with van der Waals surface area (Å²) in [7, 11) is 0. The van der Waals surface area contributed by atoms with Gasteiger partial charge in [0, 0.05) is 17.1 Å². The van der Waals surface area contributed by atoms with E-state index in [4.69, 9.17) is 4.52 Å². The molecule has 2 N–H and O–H groups in total. The van der Waals surface area contributed by atoms with Crippen molar-refractivity contribution in [1.82, 2.24) is 5.16 Å². The molecule has 1 amide bonds. The molecule has 0 saturated heterocycles. The van der Waals surface area contributed by atoms with E-state index in [9.17, 15) is 4.79 Å². The molecule has 3 aromatic rings. The molecule has 3 rings (SSSR count). The third-order valence-electron chi connectivity index (χ3n) is 3.12. The maximum Gasteiger partial charge on any atom is 0.244 e. The molecule has 5 nitrogen and oxygen atoms in total. The van der Waals surface area contributed by atoms with Crippen LogP contribution in [0.15, 0.2) is 53.1 Å². The lowest BCUT2D eigenvalue weighted by Crippen LogP contribution is -2.21. The van der Waals surface area contributed by atoms with E-state index in [1.54, 1.807) is 13.0 Å².